The quantitative estimate of drug-likeness (QED) is 0.345. The van der Waals surface area contributed by atoms with Crippen LogP contribution in [0.3, 0.4) is 0 Å². The lowest BCUT2D eigenvalue weighted by Crippen LogP contribution is -2.30. The number of carbonyl (C=O) groups excluding carboxylic acids is 1. The fourth-order valence-corrected chi connectivity index (χ4v) is 3.83. The van der Waals surface area contributed by atoms with Crippen molar-refractivity contribution in [2.75, 3.05) is 11.5 Å². The van der Waals surface area contributed by atoms with Gasteiger partial charge >= 0.3 is 0 Å². The second-order valence-corrected chi connectivity index (χ2v) is 7.92. The number of nitrogens with zero attached hydrogens (tertiary/aromatic N) is 1. The Bertz CT molecular complexity index is 1230. The average molecular weight is 483 g/mol. The molecule has 1 saturated heterocycles. The molecule has 8 heteroatoms. The smallest absolute Gasteiger partial charge is 0.281 e. The molecule has 1 aliphatic heterocycles. The van der Waals surface area contributed by atoms with Gasteiger partial charge in [0.05, 0.1) is 17.3 Å². The highest BCUT2D eigenvalue weighted by atomic mass is 35.5. The summed E-state index contributed by atoms with van der Waals surface area (Å²) < 4.78 is 24.9. The van der Waals surface area contributed by atoms with Crippen molar-refractivity contribution in [1.29, 1.82) is 0 Å². The maximum Gasteiger partial charge on any atom is 0.281 e. The number of rotatable bonds is 7. The first kappa shape index (κ1) is 22.8. The largest absolute Gasteiger partial charge is 0.494 e. The predicted octanol–water partition coefficient (Wildman–Crippen LogP) is 5.72. The number of nitrogens with one attached hydrogen (secondary N) is 1. The summed E-state index contributed by atoms with van der Waals surface area (Å²) in [4.78, 5) is 14.4. The third-order valence-electron chi connectivity index (χ3n) is 4.89. The normalized spacial score (nSPS) is 14.5. The van der Waals surface area contributed by atoms with Gasteiger partial charge in [-0.1, -0.05) is 35.9 Å². The molecule has 4 rings (SSSR count). The van der Waals surface area contributed by atoms with E-state index in [9.17, 15) is 9.18 Å². The van der Waals surface area contributed by atoms with E-state index in [0.29, 0.717) is 39.9 Å². The van der Waals surface area contributed by atoms with E-state index in [2.05, 4.69) is 5.32 Å². The number of carbonyl (C=O) groups is 1. The Morgan fingerprint density at radius 2 is 1.85 bits per heavy atom. The van der Waals surface area contributed by atoms with Crippen LogP contribution in [0.5, 0.6) is 11.5 Å². The Morgan fingerprint density at radius 3 is 2.55 bits per heavy atom. The third-order valence-corrected chi connectivity index (χ3v) is 5.47. The van der Waals surface area contributed by atoms with Gasteiger partial charge in [0, 0.05) is 5.56 Å². The van der Waals surface area contributed by atoms with Gasteiger partial charge in [-0.15, -0.1) is 0 Å². The van der Waals surface area contributed by atoms with Gasteiger partial charge in [-0.05, 0) is 73.2 Å². The first-order valence-electron chi connectivity index (χ1n) is 10.2. The van der Waals surface area contributed by atoms with Crippen LogP contribution in [-0.4, -0.2) is 17.6 Å². The van der Waals surface area contributed by atoms with E-state index in [-0.39, 0.29) is 23.4 Å². The molecule has 1 aliphatic rings. The highest BCUT2D eigenvalue weighted by Gasteiger charge is 2.32. The summed E-state index contributed by atoms with van der Waals surface area (Å²) in [5.41, 5.74) is 2.08. The van der Waals surface area contributed by atoms with Crippen LogP contribution in [0.4, 0.5) is 10.1 Å². The SMILES string of the molecule is CCOc1ccc(N2C(=O)/C(=C/c3ccc(OCc4ccccc4F)c(Cl)c3)NC2=S)cc1. The van der Waals surface area contributed by atoms with Crippen LogP contribution in [0.2, 0.25) is 5.02 Å². The molecule has 1 heterocycles. The lowest BCUT2D eigenvalue weighted by atomic mass is 10.1. The van der Waals surface area contributed by atoms with E-state index in [1.807, 2.05) is 6.92 Å². The average Bonchev–Trinajstić information content (AvgIpc) is 3.08. The van der Waals surface area contributed by atoms with Crippen LogP contribution in [0.1, 0.15) is 18.1 Å². The molecule has 3 aromatic carbocycles. The molecule has 3 aromatic rings. The summed E-state index contributed by atoms with van der Waals surface area (Å²) >= 11 is 11.7. The van der Waals surface area contributed by atoms with Crippen molar-refractivity contribution in [1.82, 2.24) is 5.32 Å². The Kier molecular flexibility index (Phi) is 6.91. The lowest BCUT2D eigenvalue weighted by molar-refractivity contribution is -0.113. The van der Waals surface area contributed by atoms with Crippen LogP contribution in [0.25, 0.3) is 6.08 Å². The molecule has 0 unspecified atom stereocenters. The standard InChI is InChI=1S/C25H20ClFN2O3S/c1-2-31-19-10-8-18(9-11-19)29-24(30)22(28-25(29)33)14-16-7-12-23(20(26)13-16)32-15-17-5-3-4-6-21(17)27/h3-14H,2,15H2,1H3,(H,28,33)/b22-14-. The van der Waals surface area contributed by atoms with Gasteiger partial charge in [0.25, 0.3) is 5.91 Å². The first-order valence-corrected chi connectivity index (χ1v) is 11.0. The summed E-state index contributed by atoms with van der Waals surface area (Å²) in [5, 5.41) is 3.58. The first-order chi connectivity index (χ1) is 16.0. The molecule has 33 heavy (non-hydrogen) atoms. The highest BCUT2D eigenvalue weighted by molar-refractivity contribution is 7.80. The van der Waals surface area contributed by atoms with Gasteiger partial charge in [-0.25, -0.2) is 4.39 Å². The molecule has 1 amide bonds. The molecule has 0 atom stereocenters. The van der Waals surface area contributed by atoms with Crippen molar-refractivity contribution in [3.8, 4) is 11.5 Å². The van der Waals surface area contributed by atoms with E-state index in [1.54, 1.807) is 66.7 Å². The fraction of sp³-hybridized carbons (Fsp3) is 0.120. The Balaban J connectivity index is 1.48. The van der Waals surface area contributed by atoms with E-state index >= 15 is 0 Å². The summed E-state index contributed by atoms with van der Waals surface area (Å²) in [6.07, 6.45) is 1.66. The Labute approximate surface area is 201 Å². The van der Waals surface area contributed by atoms with Gasteiger partial charge in [0.1, 0.15) is 29.6 Å². The molecule has 0 bridgehead atoms. The molecule has 0 saturated carbocycles. The summed E-state index contributed by atoms with van der Waals surface area (Å²) in [6, 6.07) is 18.6. The van der Waals surface area contributed by atoms with Crippen molar-refractivity contribution in [2.24, 2.45) is 0 Å². The predicted molar refractivity (Wildman–Crippen MR) is 131 cm³/mol. The molecular formula is C25H20ClFN2O3S. The zero-order chi connectivity index (χ0) is 23.4. The zero-order valence-electron chi connectivity index (χ0n) is 17.7. The Morgan fingerprint density at radius 1 is 1.09 bits per heavy atom. The van der Waals surface area contributed by atoms with E-state index in [0.717, 1.165) is 5.75 Å². The van der Waals surface area contributed by atoms with Crippen LogP contribution < -0.4 is 19.7 Å². The van der Waals surface area contributed by atoms with Crippen molar-refractivity contribution in [3.63, 3.8) is 0 Å². The summed E-state index contributed by atoms with van der Waals surface area (Å²) in [7, 11) is 0. The lowest BCUT2D eigenvalue weighted by Gasteiger charge is -2.14. The van der Waals surface area contributed by atoms with Gasteiger partial charge in [-0.2, -0.15) is 0 Å². The second kappa shape index (κ2) is 10.0. The minimum Gasteiger partial charge on any atom is -0.494 e. The van der Waals surface area contributed by atoms with Crippen LogP contribution in [0.15, 0.2) is 72.4 Å². The number of benzene rings is 3. The van der Waals surface area contributed by atoms with Gasteiger partial charge in [-0.3, -0.25) is 9.69 Å². The minimum absolute atomic E-state index is 0.0538. The van der Waals surface area contributed by atoms with E-state index < -0.39 is 0 Å². The number of anilines is 1. The third kappa shape index (κ3) is 5.16. The molecule has 0 aliphatic carbocycles. The second-order valence-electron chi connectivity index (χ2n) is 7.13. The number of hydrogen-bond donors (Lipinski definition) is 1. The summed E-state index contributed by atoms with van der Waals surface area (Å²) in [6.45, 7) is 2.52. The van der Waals surface area contributed by atoms with Crippen molar-refractivity contribution in [2.45, 2.75) is 13.5 Å². The molecule has 0 aromatic heterocycles. The van der Waals surface area contributed by atoms with Gasteiger partial charge in [0.15, 0.2) is 5.11 Å². The van der Waals surface area contributed by atoms with Gasteiger partial charge in [0.2, 0.25) is 0 Å². The number of halogens is 2. The molecule has 168 valence electrons. The molecule has 0 spiro atoms. The zero-order valence-corrected chi connectivity index (χ0v) is 19.3. The molecule has 1 N–H and O–H groups in total. The fourth-order valence-electron chi connectivity index (χ4n) is 3.29. The topological polar surface area (TPSA) is 50.8 Å². The molecular weight excluding hydrogens is 463 g/mol. The monoisotopic (exact) mass is 482 g/mol. The van der Waals surface area contributed by atoms with Crippen molar-refractivity contribution < 1.29 is 18.7 Å². The number of thiocarbonyl (C=S) groups is 1. The highest BCUT2D eigenvalue weighted by Crippen LogP contribution is 2.29. The van der Waals surface area contributed by atoms with Crippen LogP contribution in [-0.2, 0) is 11.4 Å². The summed E-state index contributed by atoms with van der Waals surface area (Å²) in [5.74, 6) is 0.516. The maximum absolute atomic E-state index is 13.8. The van der Waals surface area contributed by atoms with Crippen molar-refractivity contribution in [3.05, 3.63) is 94.4 Å². The maximum atomic E-state index is 13.8. The number of hydrogen-bond acceptors (Lipinski definition) is 4. The molecule has 1 fully saturated rings. The van der Waals surface area contributed by atoms with Crippen LogP contribution >= 0.6 is 23.8 Å². The van der Waals surface area contributed by atoms with E-state index in [1.165, 1.54) is 11.0 Å². The number of amides is 1. The van der Waals surface area contributed by atoms with Crippen LogP contribution in [0, 0.1) is 5.82 Å². The van der Waals surface area contributed by atoms with Gasteiger partial charge < -0.3 is 14.8 Å². The Hall–Kier alpha value is -3.42. The number of ether oxygens (including phenoxy) is 2. The van der Waals surface area contributed by atoms with E-state index in [4.69, 9.17) is 33.3 Å². The molecule has 0 radical (unpaired) electrons. The van der Waals surface area contributed by atoms with Crippen molar-refractivity contribution >= 4 is 46.6 Å². The molecule has 5 nitrogen and oxygen atoms in total. The minimum atomic E-state index is -0.339.